The van der Waals surface area contributed by atoms with Crippen molar-refractivity contribution in [2.75, 3.05) is 13.2 Å². The van der Waals surface area contributed by atoms with E-state index in [1.54, 1.807) is 19.1 Å². The third-order valence-corrected chi connectivity index (χ3v) is 2.16. The Bertz CT molecular complexity index is 381. The number of hydrogen-bond acceptors (Lipinski definition) is 4. The third kappa shape index (κ3) is 4.68. The van der Waals surface area contributed by atoms with Gasteiger partial charge < -0.3 is 9.47 Å². The molecule has 0 radical (unpaired) electrons. The molecule has 0 atom stereocenters. The number of ether oxygens (including phenoxy) is 2. The monoisotopic (exact) mass is 236 g/mol. The van der Waals surface area contributed by atoms with Gasteiger partial charge in [0.2, 0.25) is 0 Å². The van der Waals surface area contributed by atoms with Gasteiger partial charge in [0.25, 0.3) is 0 Å². The summed E-state index contributed by atoms with van der Waals surface area (Å²) in [5.74, 6) is -0.604. The van der Waals surface area contributed by atoms with Gasteiger partial charge in [-0.3, -0.25) is 4.79 Å². The summed E-state index contributed by atoms with van der Waals surface area (Å²) in [6.45, 7) is 3.87. The molecule has 0 aromatic heterocycles. The lowest BCUT2D eigenvalue weighted by atomic mass is 10.1. The van der Waals surface area contributed by atoms with E-state index in [4.69, 9.17) is 9.47 Å². The third-order valence-electron chi connectivity index (χ3n) is 2.16. The number of benzene rings is 1. The summed E-state index contributed by atoms with van der Waals surface area (Å²) in [6, 6.07) is 7.08. The van der Waals surface area contributed by atoms with E-state index in [0.29, 0.717) is 25.2 Å². The van der Waals surface area contributed by atoms with E-state index in [2.05, 4.69) is 0 Å². The van der Waals surface area contributed by atoms with Crippen molar-refractivity contribution in [2.24, 2.45) is 0 Å². The highest BCUT2D eigenvalue weighted by atomic mass is 16.5. The van der Waals surface area contributed by atoms with Gasteiger partial charge in [0.15, 0.2) is 0 Å². The Morgan fingerprint density at radius 3 is 2.29 bits per heavy atom. The van der Waals surface area contributed by atoms with Crippen molar-refractivity contribution in [2.45, 2.75) is 20.3 Å². The summed E-state index contributed by atoms with van der Waals surface area (Å²) >= 11 is 0. The lowest BCUT2D eigenvalue weighted by molar-refractivity contribution is -0.140. The van der Waals surface area contributed by atoms with E-state index in [1.165, 1.54) is 6.92 Å². The van der Waals surface area contributed by atoms with Crippen LogP contribution in [0.5, 0.6) is 0 Å². The Hall–Kier alpha value is -1.84. The molecule has 0 aliphatic heterocycles. The number of rotatable bonds is 5. The smallest absolute Gasteiger partial charge is 0.338 e. The van der Waals surface area contributed by atoms with Crippen LogP contribution >= 0.6 is 0 Å². The predicted molar refractivity (Wildman–Crippen MR) is 62.7 cm³/mol. The largest absolute Gasteiger partial charge is 0.466 e. The van der Waals surface area contributed by atoms with E-state index in [-0.39, 0.29) is 11.9 Å². The van der Waals surface area contributed by atoms with Crippen LogP contribution in [0.25, 0.3) is 0 Å². The Labute approximate surface area is 101 Å². The average Bonchev–Trinajstić information content (AvgIpc) is 2.30. The summed E-state index contributed by atoms with van der Waals surface area (Å²) in [6.07, 6.45) is 0.642. The van der Waals surface area contributed by atoms with Crippen molar-refractivity contribution in [3.8, 4) is 0 Å². The highest BCUT2D eigenvalue weighted by Crippen LogP contribution is 2.07. The molecule has 4 nitrogen and oxygen atoms in total. The molecular formula is C13H16O4. The van der Waals surface area contributed by atoms with Crippen LogP contribution in [-0.4, -0.2) is 25.2 Å². The SMILES string of the molecule is CCOC(=O)c1ccc(CCOC(C)=O)cc1. The highest BCUT2D eigenvalue weighted by Gasteiger charge is 2.05. The zero-order chi connectivity index (χ0) is 12.7. The Morgan fingerprint density at radius 1 is 1.12 bits per heavy atom. The standard InChI is InChI=1S/C13H16O4/c1-3-16-13(15)12-6-4-11(5-7-12)8-9-17-10(2)14/h4-7H,3,8-9H2,1-2H3. The predicted octanol–water partition coefficient (Wildman–Crippen LogP) is 1.97. The van der Waals surface area contributed by atoms with Crippen molar-refractivity contribution >= 4 is 11.9 Å². The van der Waals surface area contributed by atoms with Gasteiger partial charge >= 0.3 is 11.9 Å². The van der Waals surface area contributed by atoms with E-state index in [0.717, 1.165) is 5.56 Å². The summed E-state index contributed by atoms with van der Waals surface area (Å²) in [7, 11) is 0. The van der Waals surface area contributed by atoms with Crippen LogP contribution in [0.3, 0.4) is 0 Å². The second kappa shape index (κ2) is 6.68. The van der Waals surface area contributed by atoms with Gasteiger partial charge in [0.05, 0.1) is 18.8 Å². The topological polar surface area (TPSA) is 52.6 Å². The van der Waals surface area contributed by atoms with Crippen LogP contribution in [0.15, 0.2) is 24.3 Å². The lowest BCUT2D eigenvalue weighted by Crippen LogP contribution is -2.05. The fraction of sp³-hybridized carbons (Fsp3) is 0.385. The molecule has 0 saturated heterocycles. The number of esters is 2. The zero-order valence-electron chi connectivity index (χ0n) is 10.1. The molecule has 0 saturated carbocycles. The average molecular weight is 236 g/mol. The van der Waals surface area contributed by atoms with E-state index >= 15 is 0 Å². The van der Waals surface area contributed by atoms with Gasteiger partial charge in [-0.15, -0.1) is 0 Å². The summed E-state index contributed by atoms with van der Waals surface area (Å²) in [5.41, 5.74) is 1.54. The van der Waals surface area contributed by atoms with Crippen molar-refractivity contribution in [1.82, 2.24) is 0 Å². The van der Waals surface area contributed by atoms with Crippen molar-refractivity contribution in [3.05, 3.63) is 35.4 Å². The molecule has 0 bridgehead atoms. The maximum absolute atomic E-state index is 11.4. The molecule has 4 heteroatoms. The normalized spacial score (nSPS) is 9.76. The zero-order valence-corrected chi connectivity index (χ0v) is 10.1. The first-order chi connectivity index (χ1) is 8.13. The first-order valence-corrected chi connectivity index (χ1v) is 5.53. The highest BCUT2D eigenvalue weighted by molar-refractivity contribution is 5.89. The summed E-state index contributed by atoms with van der Waals surface area (Å²) < 4.78 is 9.70. The number of carbonyl (C=O) groups excluding carboxylic acids is 2. The quantitative estimate of drug-likeness (QED) is 0.733. The summed E-state index contributed by atoms with van der Waals surface area (Å²) in [4.78, 5) is 21.9. The first kappa shape index (κ1) is 13.2. The fourth-order valence-electron chi connectivity index (χ4n) is 1.33. The van der Waals surface area contributed by atoms with Crippen molar-refractivity contribution in [1.29, 1.82) is 0 Å². The van der Waals surface area contributed by atoms with Crippen LogP contribution in [0, 0.1) is 0 Å². The Kier molecular flexibility index (Phi) is 5.20. The molecule has 0 heterocycles. The molecule has 0 fully saturated rings. The minimum atomic E-state index is -0.320. The van der Waals surface area contributed by atoms with Crippen LogP contribution in [-0.2, 0) is 20.7 Å². The van der Waals surface area contributed by atoms with Crippen LogP contribution in [0.1, 0.15) is 29.8 Å². The molecule has 0 aliphatic rings. The van der Waals surface area contributed by atoms with Crippen LogP contribution in [0.2, 0.25) is 0 Å². The molecule has 0 aliphatic carbocycles. The number of carbonyl (C=O) groups is 2. The second-order valence-electron chi connectivity index (χ2n) is 3.51. The molecule has 1 rings (SSSR count). The van der Waals surface area contributed by atoms with Crippen molar-refractivity contribution in [3.63, 3.8) is 0 Å². The van der Waals surface area contributed by atoms with Crippen LogP contribution < -0.4 is 0 Å². The van der Waals surface area contributed by atoms with Gasteiger partial charge in [-0.25, -0.2) is 4.79 Å². The maximum Gasteiger partial charge on any atom is 0.338 e. The van der Waals surface area contributed by atoms with Crippen LogP contribution in [0.4, 0.5) is 0 Å². The minimum absolute atomic E-state index is 0.284. The first-order valence-electron chi connectivity index (χ1n) is 5.53. The molecule has 0 spiro atoms. The van der Waals surface area contributed by atoms with Crippen molar-refractivity contribution < 1.29 is 19.1 Å². The molecule has 0 unspecified atom stereocenters. The maximum atomic E-state index is 11.4. The molecule has 0 amide bonds. The Balaban J connectivity index is 2.50. The van der Waals surface area contributed by atoms with Gasteiger partial charge in [-0.1, -0.05) is 12.1 Å². The van der Waals surface area contributed by atoms with E-state index in [1.807, 2.05) is 12.1 Å². The molecule has 1 aromatic rings. The fourth-order valence-corrected chi connectivity index (χ4v) is 1.33. The second-order valence-corrected chi connectivity index (χ2v) is 3.51. The van der Waals surface area contributed by atoms with E-state index in [9.17, 15) is 9.59 Å². The lowest BCUT2D eigenvalue weighted by Gasteiger charge is -2.04. The van der Waals surface area contributed by atoms with E-state index < -0.39 is 0 Å². The molecular weight excluding hydrogens is 220 g/mol. The molecule has 1 aromatic carbocycles. The van der Waals surface area contributed by atoms with Gasteiger partial charge in [-0.2, -0.15) is 0 Å². The Morgan fingerprint density at radius 2 is 1.76 bits per heavy atom. The molecule has 92 valence electrons. The number of hydrogen-bond donors (Lipinski definition) is 0. The van der Waals surface area contributed by atoms with Gasteiger partial charge in [0.1, 0.15) is 0 Å². The van der Waals surface area contributed by atoms with Gasteiger partial charge in [0, 0.05) is 13.3 Å². The summed E-state index contributed by atoms with van der Waals surface area (Å²) in [5, 5.41) is 0. The minimum Gasteiger partial charge on any atom is -0.466 e. The molecule has 0 N–H and O–H groups in total. The molecule has 17 heavy (non-hydrogen) atoms. The van der Waals surface area contributed by atoms with Gasteiger partial charge in [-0.05, 0) is 24.6 Å².